The monoisotopic (exact) mass is 503 g/mol. The van der Waals surface area contributed by atoms with Crippen molar-refractivity contribution in [2.75, 3.05) is 0 Å². The van der Waals surface area contributed by atoms with Crippen LogP contribution in [0.4, 0.5) is 17.6 Å². The summed E-state index contributed by atoms with van der Waals surface area (Å²) in [4.78, 5) is 23.9. The smallest absolute Gasteiger partial charge is 0.321 e. The molecule has 4 aromatic rings. The van der Waals surface area contributed by atoms with Crippen LogP contribution >= 0.6 is 11.6 Å². The number of benzene rings is 3. The summed E-state index contributed by atoms with van der Waals surface area (Å²) in [5.41, 5.74) is 1.88. The van der Waals surface area contributed by atoms with Gasteiger partial charge in [0.25, 0.3) is 5.91 Å². The second kappa shape index (κ2) is 9.50. The van der Waals surface area contributed by atoms with Gasteiger partial charge in [-0.05, 0) is 65.7 Å². The third kappa shape index (κ3) is 5.19. The number of amides is 1. The molecule has 0 unspecified atom stereocenters. The summed E-state index contributed by atoms with van der Waals surface area (Å²) in [6.07, 6.45) is 1.85. The lowest BCUT2D eigenvalue weighted by molar-refractivity contribution is -0.144. The van der Waals surface area contributed by atoms with Crippen LogP contribution in [0.2, 0.25) is 5.02 Å². The van der Waals surface area contributed by atoms with Crippen molar-refractivity contribution in [1.82, 2.24) is 15.1 Å². The fourth-order valence-corrected chi connectivity index (χ4v) is 4.10. The predicted molar refractivity (Wildman–Crippen MR) is 123 cm³/mol. The van der Waals surface area contributed by atoms with Crippen LogP contribution in [0, 0.1) is 11.6 Å². The van der Waals surface area contributed by atoms with E-state index in [1.54, 1.807) is 35.0 Å². The maximum absolute atomic E-state index is 14.2. The van der Waals surface area contributed by atoms with Crippen molar-refractivity contribution in [3.63, 3.8) is 0 Å². The molecule has 0 radical (unpaired) electrons. The van der Waals surface area contributed by atoms with E-state index in [0.29, 0.717) is 35.4 Å². The lowest BCUT2D eigenvalue weighted by atomic mass is 9.85. The Balaban J connectivity index is 1.82. The number of rotatable bonds is 7. The van der Waals surface area contributed by atoms with E-state index in [1.165, 1.54) is 24.4 Å². The van der Waals surface area contributed by atoms with E-state index in [4.69, 9.17) is 11.6 Å². The standard InChI is InChI=1S/C25H18ClF4N3O2/c1-25(29,30)24(35)32-21(13-34)23(15-9-17(26)11-19(28)10-15)14-2-7-22-16(8-14)12-31-33(22)20-5-3-18(27)4-6-20/h2-13,21,23H,1H3,(H,32,35)/t21-,23-/m1/s1. The van der Waals surface area contributed by atoms with Crippen LogP contribution in [-0.4, -0.2) is 33.9 Å². The Hall–Kier alpha value is -3.72. The molecule has 0 fully saturated rings. The molecule has 2 atom stereocenters. The zero-order valence-corrected chi connectivity index (χ0v) is 18.9. The van der Waals surface area contributed by atoms with Gasteiger partial charge in [-0.3, -0.25) is 4.79 Å². The molecule has 180 valence electrons. The highest BCUT2D eigenvalue weighted by Crippen LogP contribution is 2.33. The van der Waals surface area contributed by atoms with Gasteiger partial charge in [0.05, 0.1) is 23.4 Å². The summed E-state index contributed by atoms with van der Waals surface area (Å²) in [5, 5.41) is 7.01. The fraction of sp³-hybridized carbons (Fsp3) is 0.160. The maximum Gasteiger partial charge on any atom is 0.321 e. The second-order valence-corrected chi connectivity index (χ2v) is 8.49. The zero-order chi connectivity index (χ0) is 25.3. The summed E-state index contributed by atoms with van der Waals surface area (Å²) in [6.45, 7) is 0.411. The topological polar surface area (TPSA) is 64.0 Å². The molecule has 0 spiro atoms. The Morgan fingerprint density at radius 2 is 1.74 bits per heavy atom. The highest BCUT2D eigenvalue weighted by Gasteiger charge is 2.36. The second-order valence-electron chi connectivity index (χ2n) is 8.06. The predicted octanol–water partition coefficient (Wildman–Crippen LogP) is 5.43. The molecule has 5 nitrogen and oxygen atoms in total. The van der Waals surface area contributed by atoms with E-state index in [9.17, 15) is 27.2 Å². The maximum atomic E-state index is 14.2. The van der Waals surface area contributed by atoms with Gasteiger partial charge in [0, 0.05) is 23.3 Å². The van der Waals surface area contributed by atoms with Crippen LogP contribution in [-0.2, 0) is 9.59 Å². The van der Waals surface area contributed by atoms with E-state index in [0.717, 1.165) is 12.1 Å². The van der Waals surface area contributed by atoms with E-state index in [1.807, 2.05) is 5.32 Å². The SMILES string of the molecule is CC(F)(F)C(=O)N[C@H](C=O)[C@@H](c1cc(F)cc(Cl)c1)c1ccc2c(cnn2-c2ccc(F)cc2)c1. The number of hydrogen-bond acceptors (Lipinski definition) is 3. The van der Waals surface area contributed by atoms with Crippen molar-refractivity contribution in [3.8, 4) is 5.69 Å². The van der Waals surface area contributed by atoms with Crippen molar-refractivity contribution in [2.24, 2.45) is 0 Å². The van der Waals surface area contributed by atoms with Crippen molar-refractivity contribution in [2.45, 2.75) is 24.8 Å². The molecule has 0 aliphatic heterocycles. The van der Waals surface area contributed by atoms with Gasteiger partial charge in [-0.1, -0.05) is 17.7 Å². The third-order valence-corrected chi connectivity index (χ3v) is 5.69. The summed E-state index contributed by atoms with van der Waals surface area (Å²) in [5.74, 6) is -7.51. The molecule has 1 amide bonds. The molecule has 35 heavy (non-hydrogen) atoms. The Kier molecular flexibility index (Phi) is 6.62. The first-order valence-corrected chi connectivity index (χ1v) is 10.8. The number of alkyl halides is 2. The average Bonchev–Trinajstić information content (AvgIpc) is 3.21. The van der Waals surface area contributed by atoms with Crippen LogP contribution < -0.4 is 5.32 Å². The van der Waals surface area contributed by atoms with Gasteiger partial charge < -0.3 is 10.1 Å². The first-order valence-electron chi connectivity index (χ1n) is 10.4. The highest BCUT2D eigenvalue weighted by molar-refractivity contribution is 6.30. The molecule has 0 aliphatic carbocycles. The van der Waals surface area contributed by atoms with Crippen molar-refractivity contribution in [3.05, 3.63) is 94.6 Å². The van der Waals surface area contributed by atoms with Crippen molar-refractivity contribution >= 4 is 34.7 Å². The van der Waals surface area contributed by atoms with E-state index >= 15 is 0 Å². The van der Waals surface area contributed by atoms with Gasteiger partial charge >= 0.3 is 5.92 Å². The van der Waals surface area contributed by atoms with E-state index in [-0.39, 0.29) is 10.6 Å². The number of aldehydes is 1. The third-order valence-electron chi connectivity index (χ3n) is 5.47. The van der Waals surface area contributed by atoms with Crippen molar-refractivity contribution < 1.29 is 27.2 Å². The summed E-state index contributed by atoms with van der Waals surface area (Å²) in [7, 11) is 0. The molecule has 1 aromatic heterocycles. The first kappa shape index (κ1) is 24.4. The van der Waals surface area contributed by atoms with Gasteiger partial charge in [-0.2, -0.15) is 13.9 Å². The number of halogens is 5. The number of fused-ring (bicyclic) bond motifs is 1. The molecule has 3 aromatic carbocycles. The minimum absolute atomic E-state index is 0.0343. The van der Waals surface area contributed by atoms with Gasteiger partial charge in [0.15, 0.2) is 0 Å². The van der Waals surface area contributed by atoms with Crippen LogP contribution in [0.5, 0.6) is 0 Å². The molecule has 0 aliphatic rings. The number of aromatic nitrogens is 2. The van der Waals surface area contributed by atoms with E-state index < -0.39 is 35.4 Å². The van der Waals surface area contributed by atoms with Gasteiger partial charge in [-0.15, -0.1) is 0 Å². The Bertz CT molecular complexity index is 1380. The van der Waals surface area contributed by atoms with Crippen LogP contribution in [0.1, 0.15) is 24.0 Å². The number of hydrogen-bond donors (Lipinski definition) is 1. The van der Waals surface area contributed by atoms with Crippen LogP contribution in [0.3, 0.4) is 0 Å². The first-order chi connectivity index (χ1) is 16.6. The minimum atomic E-state index is -3.73. The normalized spacial score (nSPS) is 13.4. The van der Waals surface area contributed by atoms with E-state index in [2.05, 4.69) is 5.10 Å². The quantitative estimate of drug-likeness (QED) is 0.270. The van der Waals surface area contributed by atoms with Crippen LogP contribution in [0.25, 0.3) is 16.6 Å². The molecule has 1 heterocycles. The zero-order valence-electron chi connectivity index (χ0n) is 18.2. The fourth-order valence-electron chi connectivity index (χ4n) is 3.87. The Morgan fingerprint density at radius 1 is 1.03 bits per heavy atom. The molecule has 0 bridgehead atoms. The average molecular weight is 504 g/mol. The molecule has 10 heteroatoms. The molecule has 0 saturated carbocycles. The van der Waals surface area contributed by atoms with Gasteiger partial charge in [-0.25, -0.2) is 13.5 Å². The lowest BCUT2D eigenvalue weighted by Gasteiger charge is -2.26. The number of nitrogens with zero attached hydrogens (tertiary/aromatic N) is 2. The molecule has 0 saturated heterocycles. The molecular weight excluding hydrogens is 486 g/mol. The number of carbonyl (C=O) groups is 2. The Morgan fingerprint density at radius 3 is 2.37 bits per heavy atom. The van der Waals surface area contributed by atoms with Crippen molar-refractivity contribution in [1.29, 1.82) is 0 Å². The molecule has 1 N–H and O–H groups in total. The summed E-state index contributed by atoms with van der Waals surface area (Å²) < 4.78 is 56.2. The summed E-state index contributed by atoms with van der Waals surface area (Å²) in [6, 6.07) is 12.8. The summed E-state index contributed by atoms with van der Waals surface area (Å²) >= 11 is 6.01. The lowest BCUT2D eigenvalue weighted by Crippen LogP contribution is -2.47. The minimum Gasteiger partial charge on any atom is -0.340 e. The van der Waals surface area contributed by atoms with Gasteiger partial charge in [0.2, 0.25) is 0 Å². The Labute approximate surface area is 202 Å². The van der Waals surface area contributed by atoms with Gasteiger partial charge in [0.1, 0.15) is 17.9 Å². The largest absolute Gasteiger partial charge is 0.340 e. The number of carbonyl (C=O) groups excluding carboxylic acids is 2. The molecular formula is C25H18ClF4N3O2. The molecule has 4 rings (SSSR count). The number of nitrogens with one attached hydrogen (secondary N) is 1. The highest BCUT2D eigenvalue weighted by atomic mass is 35.5. The van der Waals surface area contributed by atoms with Crippen LogP contribution in [0.15, 0.2) is 66.9 Å².